The van der Waals surface area contributed by atoms with Gasteiger partial charge in [-0.25, -0.2) is 0 Å². The van der Waals surface area contributed by atoms with Crippen molar-refractivity contribution in [3.8, 4) is 0 Å². The summed E-state index contributed by atoms with van der Waals surface area (Å²) in [7, 11) is 4.23. The van der Waals surface area contributed by atoms with Crippen LogP contribution >= 0.6 is 0 Å². The van der Waals surface area contributed by atoms with E-state index >= 15 is 0 Å². The highest BCUT2D eigenvalue weighted by atomic mass is 15.0. The number of rotatable bonds is 4. The zero-order valence-electron chi connectivity index (χ0n) is 11.8. The molecule has 0 aliphatic heterocycles. The van der Waals surface area contributed by atoms with Crippen molar-refractivity contribution < 1.29 is 0 Å². The Bertz CT molecular complexity index is 530. The summed E-state index contributed by atoms with van der Waals surface area (Å²) in [4.78, 5) is 6.76. The first-order chi connectivity index (χ1) is 8.59. The lowest BCUT2D eigenvalue weighted by molar-refractivity contribution is 0.414. The zero-order chi connectivity index (χ0) is 13.1. The van der Waals surface area contributed by atoms with E-state index in [1.54, 1.807) is 0 Å². The molecule has 0 radical (unpaired) electrons. The molecule has 1 heterocycles. The molecule has 0 amide bonds. The van der Waals surface area contributed by atoms with Gasteiger partial charge in [0.25, 0.3) is 0 Å². The highest BCUT2D eigenvalue weighted by molar-refractivity contribution is 5.87. The number of benzene rings is 1. The predicted molar refractivity (Wildman–Crippen MR) is 78.1 cm³/mol. The SMILES string of the molecule is CC(C)c1nccc2c(CCN(C)C)cccc12. The molecule has 2 heteroatoms. The van der Waals surface area contributed by atoms with Gasteiger partial charge in [-0.2, -0.15) is 0 Å². The van der Waals surface area contributed by atoms with Gasteiger partial charge in [0, 0.05) is 18.1 Å². The van der Waals surface area contributed by atoms with Gasteiger partial charge >= 0.3 is 0 Å². The van der Waals surface area contributed by atoms with E-state index in [2.05, 4.69) is 62.1 Å². The van der Waals surface area contributed by atoms with Crippen molar-refractivity contribution >= 4 is 10.8 Å². The summed E-state index contributed by atoms with van der Waals surface area (Å²) in [6.45, 7) is 5.49. The van der Waals surface area contributed by atoms with E-state index in [1.165, 1.54) is 22.0 Å². The highest BCUT2D eigenvalue weighted by Crippen LogP contribution is 2.25. The Kier molecular flexibility index (Phi) is 3.97. The molecular formula is C16H22N2. The Balaban J connectivity index is 2.46. The lowest BCUT2D eigenvalue weighted by atomic mass is 9.97. The van der Waals surface area contributed by atoms with Crippen molar-refractivity contribution in [1.82, 2.24) is 9.88 Å². The Labute approximate surface area is 110 Å². The first-order valence-electron chi connectivity index (χ1n) is 6.61. The minimum atomic E-state index is 0.470. The first kappa shape index (κ1) is 13.0. The molecule has 0 spiro atoms. The summed E-state index contributed by atoms with van der Waals surface area (Å²) in [5.41, 5.74) is 2.63. The fourth-order valence-electron chi connectivity index (χ4n) is 2.32. The average Bonchev–Trinajstić information content (AvgIpc) is 2.35. The fourth-order valence-corrected chi connectivity index (χ4v) is 2.32. The Morgan fingerprint density at radius 2 is 1.89 bits per heavy atom. The van der Waals surface area contributed by atoms with Crippen molar-refractivity contribution in [1.29, 1.82) is 0 Å². The molecule has 0 bridgehead atoms. The summed E-state index contributed by atoms with van der Waals surface area (Å²) in [6, 6.07) is 8.72. The molecule has 1 aromatic heterocycles. The standard InChI is InChI=1S/C16H22N2/c1-12(2)16-15-7-5-6-13(9-11-18(3)4)14(15)8-10-17-16/h5-8,10,12H,9,11H2,1-4H3. The summed E-state index contributed by atoms with van der Waals surface area (Å²) in [6.07, 6.45) is 3.03. The van der Waals surface area contributed by atoms with Crippen molar-refractivity contribution in [3.05, 3.63) is 41.7 Å². The number of pyridine rings is 1. The van der Waals surface area contributed by atoms with Gasteiger partial charge in [-0.15, -0.1) is 0 Å². The second kappa shape index (κ2) is 5.49. The van der Waals surface area contributed by atoms with E-state index in [0.717, 1.165) is 13.0 Å². The van der Waals surface area contributed by atoms with Gasteiger partial charge in [-0.05, 0) is 43.5 Å². The molecule has 0 saturated carbocycles. The van der Waals surface area contributed by atoms with Crippen LogP contribution in [-0.4, -0.2) is 30.5 Å². The third-order valence-corrected chi connectivity index (χ3v) is 3.30. The number of hydrogen-bond acceptors (Lipinski definition) is 2. The van der Waals surface area contributed by atoms with Gasteiger partial charge < -0.3 is 4.90 Å². The quantitative estimate of drug-likeness (QED) is 0.816. The van der Waals surface area contributed by atoms with Crippen LogP contribution in [-0.2, 0) is 6.42 Å². The molecule has 2 aromatic rings. The van der Waals surface area contributed by atoms with Gasteiger partial charge in [-0.3, -0.25) is 4.98 Å². The molecule has 0 unspecified atom stereocenters. The lowest BCUT2D eigenvalue weighted by Crippen LogP contribution is -2.15. The van der Waals surface area contributed by atoms with E-state index in [-0.39, 0.29) is 0 Å². The zero-order valence-corrected chi connectivity index (χ0v) is 11.8. The second-order valence-corrected chi connectivity index (χ2v) is 5.42. The largest absolute Gasteiger partial charge is 0.309 e. The molecule has 0 atom stereocenters. The first-order valence-corrected chi connectivity index (χ1v) is 6.61. The monoisotopic (exact) mass is 242 g/mol. The van der Waals surface area contributed by atoms with E-state index in [9.17, 15) is 0 Å². The van der Waals surface area contributed by atoms with Gasteiger partial charge in [0.2, 0.25) is 0 Å². The smallest absolute Gasteiger partial charge is 0.0507 e. The minimum Gasteiger partial charge on any atom is -0.309 e. The van der Waals surface area contributed by atoms with Crippen LogP contribution in [0.4, 0.5) is 0 Å². The molecule has 0 saturated heterocycles. The number of aromatic nitrogens is 1. The molecule has 1 aromatic carbocycles. The van der Waals surface area contributed by atoms with Crippen LogP contribution in [0.15, 0.2) is 30.5 Å². The molecular weight excluding hydrogens is 220 g/mol. The van der Waals surface area contributed by atoms with Crippen molar-refractivity contribution in [3.63, 3.8) is 0 Å². The molecule has 2 nitrogen and oxygen atoms in total. The summed E-state index contributed by atoms with van der Waals surface area (Å²) < 4.78 is 0. The lowest BCUT2D eigenvalue weighted by Gasteiger charge is -2.13. The maximum atomic E-state index is 4.53. The molecule has 0 aliphatic carbocycles. The Morgan fingerprint density at radius 1 is 1.11 bits per heavy atom. The fraction of sp³-hybridized carbons (Fsp3) is 0.438. The summed E-state index contributed by atoms with van der Waals surface area (Å²) in [5, 5.41) is 2.67. The van der Waals surface area contributed by atoms with E-state index in [0.29, 0.717) is 5.92 Å². The van der Waals surface area contributed by atoms with Crippen LogP contribution in [0.5, 0.6) is 0 Å². The van der Waals surface area contributed by atoms with Crippen LogP contribution in [0.3, 0.4) is 0 Å². The third-order valence-electron chi connectivity index (χ3n) is 3.30. The van der Waals surface area contributed by atoms with Gasteiger partial charge in [0.05, 0.1) is 5.69 Å². The maximum Gasteiger partial charge on any atom is 0.0507 e. The Morgan fingerprint density at radius 3 is 2.56 bits per heavy atom. The van der Waals surface area contributed by atoms with Crippen LogP contribution in [0, 0.1) is 0 Å². The molecule has 0 fully saturated rings. The van der Waals surface area contributed by atoms with Crippen LogP contribution < -0.4 is 0 Å². The van der Waals surface area contributed by atoms with Crippen LogP contribution in [0.1, 0.15) is 31.0 Å². The normalized spacial score (nSPS) is 11.7. The summed E-state index contributed by atoms with van der Waals surface area (Å²) >= 11 is 0. The van der Waals surface area contributed by atoms with Gasteiger partial charge in [-0.1, -0.05) is 32.0 Å². The van der Waals surface area contributed by atoms with Gasteiger partial charge in [0.15, 0.2) is 0 Å². The number of likely N-dealkylation sites (N-methyl/N-ethyl adjacent to an activating group) is 1. The van der Waals surface area contributed by atoms with Crippen molar-refractivity contribution in [2.24, 2.45) is 0 Å². The predicted octanol–water partition coefficient (Wildman–Crippen LogP) is 3.46. The molecule has 96 valence electrons. The van der Waals surface area contributed by atoms with Crippen molar-refractivity contribution in [2.45, 2.75) is 26.2 Å². The molecule has 18 heavy (non-hydrogen) atoms. The topological polar surface area (TPSA) is 16.1 Å². The van der Waals surface area contributed by atoms with Gasteiger partial charge in [0.1, 0.15) is 0 Å². The summed E-state index contributed by atoms with van der Waals surface area (Å²) in [5.74, 6) is 0.470. The highest BCUT2D eigenvalue weighted by Gasteiger charge is 2.08. The second-order valence-electron chi connectivity index (χ2n) is 5.42. The van der Waals surface area contributed by atoms with Crippen molar-refractivity contribution in [2.75, 3.05) is 20.6 Å². The average molecular weight is 242 g/mol. The maximum absolute atomic E-state index is 4.53. The Hall–Kier alpha value is -1.41. The minimum absolute atomic E-state index is 0.470. The molecule has 0 aliphatic rings. The van der Waals surface area contributed by atoms with Crippen LogP contribution in [0.2, 0.25) is 0 Å². The van der Waals surface area contributed by atoms with Crippen LogP contribution in [0.25, 0.3) is 10.8 Å². The number of nitrogens with zero attached hydrogens (tertiary/aromatic N) is 2. The van der Waals surface area contributed by atoms with E-state index in [1.807, 2.05) is 6.20 Å². The third kappa shape index (κ3) is 2.70. The number of fused-ring (bicyclic) bond motifs is 1. The molecule has 2 rings (SSSR count). The van der Waals surface area contributed by atoms with E-state index < -0.39 is 0 Å². The molecule has 0 N–H and O–H groups in total. The van der Waals surface area contributed by atoms with E-state index in [4.69, 9.17) is 0 Å². The number of hydrogen-bond donors (Lipinski definition) is 0.